The van der Waals surface area contributed by atoms with Crippen LogP contribution in [0.3, 0.4) is 0 Å². The molecule has 1 unspecified atom stereocenters. The number of carbonyl (C=O) groups is 1. The second kappa shape index (κ2) is 8.85. The molecule has 8 nitrogen and oxygen atoms in total. The van der Waals surface area contributed by atoms with Crippen LogP contribution in [0.4, 0.5) is 0 Å². The van der Waals surface area contributed by atoms with Crippen LogP contribution in [0.1, 0.15) is 62.4 Å². The molecular formula is C21H29N5O3S. The minimum Gasteiger partial charge on any atom is -0.348 e. The average Bonchev–Trinajstić information content (AvgIpc) is 3.25. The Morgan fingerprint density at radius 3 is 2.60 bits per heavy atom. The summed E-state index contributed by atoms with van der Waals surface area (Å²) in [5.74, 6) is 0.703. The van der Waals surface area contributed by atoms with Crippen LogP contribution in [0.15, 0.2) is 35.7 Å². The number of hydrogen-bond acceptors (Lipinski definition) is 5. The van der Waals surface area contributed by atoms with Gasteiger partial charge in [0, 0.05) is 31.5 Å². The van der Waals surface area contributed by atoms with Gasteiger partial charge in [0.1, 0.15) is 22.7 Å². The molecule has 2 aromatic heterocycles. The molecule has 4 rings (SSSR count). The SMILES string of the molecule is CC1CCCN(S(=O)(=O)c2ccc(-n3cnc(C(=O)NC4CCCCC4)c3)nc2)C1. The van der Waals surface area contributed by atoms with E-state index in [2.05, 4.69) is 22.2 Å². The van der Waals surface area contributed by atoms with Crippen molar-refractivity contribution in [2.24, 2.45) is 5.92 Å². The Hall–Kier alpha value is -2.26. The molecule has 9 heteroatoms. The molecule has 3 heterocycles. The summed E-state index contributed by atoms with van der Waals surface area (Å²) in [6.07, 6.45) is 12.0. The Morgan fingerprint density at radius 1 is 1.10 bits per heavy atom. The third-order valence-corrected chi connectivity index (χ3v) is 7.85. The minimum absolute atomic E-state index is 0.181. The maximum Gasteiger partial charge on any atom is 0.271 e. The van der Waals surface area contributed by atoms with Crippen molar-refractivity contribution in [1.29, 1.82) is 0 Å². The molecule has 1 N–H and O–H groups in total. The fraction of sp³-hybridized carbons (Fsp3) is 0.571. The minimum atomic E-state index is -3.54. The van der Waals surface area contributed by atoms with Crippen molar-refractivity contribution in [3.8, 4) is 5.82 Å². The molecule has 1 aliphatic carbocycles. The third-order valence-electron chi connectivity index (χ3n) is 6.00. The summed E-state index contributed by atoms with van der Waals surface area (Å²) < 4.78 is 28.9. The van der Waals surface area contributed by atoms with Gasteiger partial charge in [-0.3, -0.25) is 9.36 Å². The highest BCUT2D eigenvalue weighted by atomic mass is 32.2. The molecule has 2 aromatic rings. The van der Waals surface area contributed by atoms with Crippen LogP contribution in [0.25, 0.3) is 5.82 Å². The second-order valence-corrected chi connectivity index (χ2v) is 10.4. The second-order valence-electron chi connectivity index (χ2n) is 8.44. The topological polar surface area (TPSA) is 97.2 Å². The maximum atomic E-state index is 12.9. The van der Waals surface area contributed by atoms with Crippen molar-refractivity contribution < 1.29 is 13.2 Å². The summed E-state index contributed by atoms with van der Waals surface area (Å²) in [4.78, 5) is 21.1. The van der Waals surface area contributed by atoms with Crippen molar-refractivity contribution in [2.45, 2.75) is 62.8 Å². The normalized spacial score (nSPS) is 21.4. The first kappa shape index (κ1) is 21.0. The van der Waals surface area contributed by atoms with Crippen LogP contribution >= 0.6 is 0 Å². The molecule has 0 bridgehead atoms. The van der Waals surface area contributed by atoms with Gasteiger partial charge >= 0.3 is 0 Å². The van der Waals surface area contributed by atoms with Crippen molar-refractivity contribution in [3.05, 3.63) is 36.5 Å². The first-order chi connectivity index (χ1) is 14.4. The fourth-order valence-electron chi connectivity index (χ4n) is 4.26. The zero-order valence-electron chi connectivity index (χ0n) is 17.3. The lowest BCUT2D eigenvalue weighted by Crippen LogP contribution is -2.39. The lowest BCUT2D eigenvalue weighted by atomic mass is 9.95. The Kier molecular flexibility index (Phi) is 6.19. The number of nitrogens with one attached hydrogen (secondary N) is 1. The Bertz CT molecular complexity index is 980. The van der Waals surface area contributed by atoms with Gasteiger partial charge in [0.25, 0.3) is 5.91 Å². The average molecular weight is 432 g/mol. The highest BCUT2D eigenvalue weighted by molar-refractivity contribution is 7.89. The number of nitrogens with zero attached hydrogens (tertiary/aromatic N) is 4. The highest BCUT2D eigenvalue weighted by Gasteiger charge is 2.29. The number of pyridine rings is 1. The molecule has 0 radical (unpaired) electrons. The molecule has 1 amide bonds. The predicted molar refractivity (Wildman–Crippen MR) is 113 cm³/mol. The van der Waals surface area contributed by atoms with E-state index in [1.54, 1.807) is 27.2 Å². The number of hydrogen-bond donors (Lipinski definition) is 1. The number of amides is 1. The van der Waals surface area contributed by atoms with E-state index in [1.807, 2.05) is 0 Å². The number of imidazole rings is 1. The highest BCUT2D eigenvalue weighted by Crippen LogP contribution is 2.23. The largest absolute Gasteiger partial charge is 0.348 e. The van der Waals surface area contributed by atoms with Gasteiger partial charge in [0.2, 0.25) is 10.0 Å². The molecule has 30 heavy (non-hydrogen) atoms. The molecule has 1 saturated heterocycles. The van der Waals surface area contributed by atoms with Crippen molar-refractivity contribution in [1.82, 2.24) is 24.2 Å². The van der Waals surface area contributed by atoms with Crippen molar-refractivity contribution in [2.75, 3.05) is 13.1 Å². The molecule has 0 spiro atoms. The van der Waals surface area contributed by atoms with Gasteiger partial charge in [-0.15, -0.1) is 0 Å². The van der Waals surface area contributed by atoms with Crippen LogP contribution in [0.2, 0.25) is 0 Å². The van der Waals surface area contributed by atoms with E-state index in [0.717, 1.165) is 38.5 Å². The van der Waals surface area contributed by atoms with Gasteiger partial charge in [-0.25, -0.2) is 18.4 Å². The van der Waals surface area contributed by atoms with E-state index in [9.17, 15) is 13.2 Å². The van der Waals surface area contributed by atoms with Gasteiger partial charge in [-0.2, -0.15) is 4.31 Å². The summed E-state index contributed by atoms with van der Waals surface area (Å²) in [6.45, 7) is 3.17. The molecule has 1 saturated carbocycles. The molecular weight excluding hydrogens is 402 g/mol. The number of carbonyl (C=O) groups excluding carboxylic acids is 1. The van der Waals surface area contributed by atoms with E-state index < -0.39 is 10.0 Å². The lowest BCUT2D eigenvalue weighted by molar-refractivity contribution is 0.0923. The smallest absolute Gasteiger partial charge is 0.271 e. The first-order valence-corrected chi connectivity index (χ1v) is 12.2. The zero-order chi connectivity index (χ0) is 21.1. The van der Waals surface area contributed by atoms with Crippen LogP contribution < -0.4 is 5.32 Å². The van der Waals surface area contributed by atoms with Crippen LogP contribution in [0, 0.1) is 5.92 Å². The maximum absolute atomic E-state index is 12.9. The third kappa shape index (κ3) is 4.57. The first-order valence-electron chi connectivity index (χ1n) is 10.7. The van der Waals surface area contributed by atoms with Gasteiger partial charge in [-0.1, -0.05) is 26.2 Å². The Balaban J connectivity index is 1.45. The summed E-state index contributed by atoms with van der Waals surface area (Å²) in [6, 6.07) is 3.43. The van der Waals surface area contributed by atoms with Crippen LogP contribution in [-0.4, -0.2) is 52.3 Å². The molecule has 2 aliphatic rings. The zero-order valence-corrected chi connectivity index (χ0v) is 18.1. The number of aromatic nitrogens is 3. The molecule has 2 fully saturated rings. The van der Waals surface area contributed by atoms with E-state index >= 15 is 0 Å². The van der Waals surface area contributed by atoms with Gasteiger partial charge < -0.3 is 5.32 Å². The quantitative estimate of drug-likeness (QED) is 0.785. The van der Waals surface area contributed by atoms with E-state index in [0.29, 0.717) is 30.5 Å². The Labute approximate surface area is 177 Å². The van der Waals surface area contributed by atoms with Gasteiger partial charge in [0.05, 0.1) is 0 Å². The lowest BCUT2D eigenvalue weighted by Gasteiger charge is -2.29. The molecule has 162 valence electrons. The molecule has 0 aromatic carbocycles. The summed E-state index contributed by atoms with van der Waals surface area (Å²) in [5, 5.41) is 3.05. The summed E-state index contributed by atoms with van der Waals surface area (Å²) in [5.41, 5.74) is 0.335. The number of rotatable bonds is 5. The standard InChI is InChI=1S/C21H29N5O3S/c1-16-6-5-11-26(13-16)30(28,29)18-9-10-20(22-12-18)25-14-19(23-15-25)21(27)24-17-7-3-2-4-8-17/h9-10,12,14-17H,2-8,11,13H2,1H3,(H,24,27). The fourth-order valence-corrected chi connectivity index (χ4v) is 5.81. The van der Waals surface area contributed by atoms with E-state index in [4.69, 9.17) is 0 Å². The Morgan fingerprint density at radius 2 is 1.90 bits per heavy atom. The van der Waals surface area contributed by atoms with E-state index in [-0.39, 0.29) is 16.8 Å². The van der Waals surface area contributed by atoms with E-state index in [1.165, 1.54) is 18.9 Å². The van der Waals surface area contributed by atoms with Crippen LogP contribution in [0.5, 0.6) is 0 Å². The number of sulfonamides is 1. The monoisotopic (exact) mass is 431 g/mol. The van der Waals surface area contributed by atoms with Crippen LogP contribution in [-0.2, 0) is 10.0 Å². The molecule has 1 atom stereocenters. The van der Waals surface area contributed by atoms with Crippen molar-refractivity contribution >= 4 is 15.9 Å². The summed E-state index contributed by atoms with van der Waals surface area (Å²) >= 11 is 0. The van der Waals surface area contributed by atoms with Gasteiger partial charge in [0.15, 0.2) is 0 Å². The number of piperidine rings is 1. The van der Waals surface area contributed by atoms with Gasteiger partial charge in [-0.05, 0) is 43.7 Å². The molecule has 1 aliphatic heterocycles. The predicted octanol–water partition coefficient (Wildman–Crippen LogP) is 2.75. The van der Waals surface area contributed by atoms with Crippen molar-refractivity contribution in [3.63, 3.8) is 0 Å². The summed E-state index contributed by atoms with van der Waals surface area (Å²) in [7, 11) is -3.54.